The van der Waals surface area contributed by atoms with Gasteiger partial charge in [-0.15, -0.1) is 0 Å². The first-order chi connectivity index (χ1) is 13.4. The quantitative estimate of drug-likeness (QED) is 0.823. The van der Waals surface area contributed by atoms with Crippen LogP contribution in [-0.4, -0.2) is 66.1 Å². The highest BCUT2D eigenvalue weighted by Crippen LogP contribution is 2.26. The number of nitrogens with zero attached hydrogens (tertiary/aromatic N) is 3. The van der Waals surface area contributed by atoms with Gasteiger partial charge < -0.3 is 15.0 Å². The number of carbonyl (C=O) groups excluding carboxylic acids is 2. The summed E-state index contributed by atoms with van der Waals surface area (Å²) in [6, 6.07) is 4.35. The van der Waals surface area contributed by atoms with Gasteiger partial charge in [0.15, 0.2) is 5.13 Å². The van der Waals surface area contributed by atoms with Crippen LogP contribution in [0, 0.1) is 11.7 Å². The second-order valence-corrected chi connectivity index (χ2v) is 8.30. The molecule has 1 aromatic heterocycles. The summed E-state index contributed by atoms with van der Waals surface area (Å²) in [7, 11) is 0. The molecule has 1 aliphatic rings. The lowest BCUT2D eigenvalue weighted by Gasteiger charge is -2.21. The van der Waals surface area contributed by atoms with Crippen molar-refractivity contribution in [3.05, 3.63) is 24.0 Å². The lowest BCUT2D eigenvalue weighted by atomic mass is 10.2. The van der Waals surface area contributed by atoms with Gasteiger partial charge in [0.05, 0.1) is 23.4 Å². The number of benzene rings is 1. The smallest absolute Gasteiger partial charge is 0.409 e. The number of halogens is 1. The highest BCUT2D eigenvalue weighted by molar-refractivity contribution is 7.22. The molecular formula is C19H25FN4O3S. The number of ether oxygens (including phenoxy) is 1. The van der Waals surface area contributed by atoms with Crippen molar-refractivity contribution < 1.29 is 18.7 Å². The monoisotopic (exact) mass is 408 g/mol. The second-order valence-electron chi connectivity index (χ2n) is 7.27. The number of hydrogen-bond donors (Lipinski definition) is 1. The van der Waals surface area contributed by atoms with Crippen LogP contribution in [0.3, 0.4) is 0 Å². The number of hydrogen-bond acceptors (Lipinski definition) is 6. The van der Waals surface area contributed by atoms with Crippen molar-refractivity contribution >= 4 is 38.7 Å². The van der Waals surface area contributed by atoms with Crippen molar-refractivity contribution in [3.63, 3.8) is 0 Å². The van der Waals surface area contributed by atoms with Gasteiger partial charge in [-0.3, -0.25) is 9.69 Å². The van der Waals surface area contributed by atoms with E-state index < -0.39 is 0 Å². The van der Waals surface area contributed by atoms with Crippen molar-refractivity contribution in [2.75, 3.05) is 44.6 Å². The number of rotatable bonds is 5. The van der Waals surface area contributed by atoms with E-state index in [0.29, 0.717) is 47.5 Å². The molecule has 0 aliphatic carbocycles. The van der Waals surface area contributed by atoms with E-state index in [4.69, 9.17) is 4.74 Å². The standard InChI is InChI=1S/C19H25FN4O3S/c1-13(2)12-27-19(26)24-7-3-6-23(8-9-24)11-17(25)22-18-21-15-5-4-14(20)10-16(15)28-18/h4-5,10,13H,3,6-9,11-12H2,1-2H3,(H,21,22,25). The molecule has 0 radical (unpaired) electrons. The van der Waals surface area contributed by atoms with E-state index in [1.165, 1.54) is 23.5 Å². The van der Waals surface area contributed by atoms with Gasteiger partial charge in [-0.25, -0.2) is 14.2 Å². The summed E-state index contributed by atoms with van der Waals surface area (Å²) in [6.07, 6.45) is 0.492. The van der Waals surface area contributed by atoms with Crippen molar-refractivity contribution in [1.29, 1.82) is 0 Å². The maximum Gasteiger partial charge on any atom is 0.409 e. The molecule has 1 N–H and O–H groups in total. The average Bonchev–Trinajstić information content (AvgIpc) is 2.87. The third-order valence-corrected chi connectivity index (χ3v) is 5.28. The molecule has 7 nitrogen and oxygen atoms in total. The Balaban J connectivity index is 1.49. The lowest BCUT2D eigenvalue weighted by Crippen LogP contribution is -2.38. The Hall–Kier alpha value is -2.26. The van der Waals surface area contributed by atoms with Gasteiger partial charge >= 0.3 is 6.09 Å². The molecule has 1 saturated heterocycles. The first-order valence-electron chi connectivity index (χ1n) is 9.40. The highest BCUT2D eigenvalue weighted by atomic mass is 32.1. The van der Waals surface area contributed by atoms with Gasteiger partial charge in [-0.05, 0) is 30.5 Å². The first-order valence-corrected chi connectivity index (χ1v) is 10.2. The topological polar surface area (TPSA) is 74.8 Å². The molecule has 2 amide bonds. The Morgan fingerprint density at radius 1 is 1.29 bits per heavy atom. The Kier molecular flexibility index (Phi) is 6.79. The highest BCUT2D eigenvalue weighted by Gasteiger charge is 2.22. The summed E-state index contributed by atoms with van der Waals surface area (Å²) in [5.74, 6) is -0.194. The van der Waals surface area contributed by atoms with Crippen LogP contribution >= 0.6 is 11.3 Å². The van der Waals surface area contributed by atoms with Crippen molar-refractivity contribution in [2.45, 2.75) is 20.3 Å². The molecule has 2 heterocycles. The Morgan fingerprint density at radius 3 is 2.89 bits per heavy atom. The molecule has 0 unspecified atom stereocenters. The maximum absolute atomic E-state index is 13.3. The third kappa shape index (κ3) is 5.62. The van der Waals surface area contributed by atoms with Crippen LogP contribution in [0.15, 0.2) is 18.2 Å². The number of nitrogens with one attached hydrogen (secondary N) is 1. The van der Waals surface area contributed by atoms with Crippen LogP contribution in [0.25, 0.3) is 10.2 Å². The normalized spacial score (nSPS) is 15.6. The summed E-state index contributed by atoms with van der Waals surface area (Å²) < 4.78 is 19.3. The van der Waals surface area contributed by atoms with E-state index in [0.717, 1.165) is 13.0 Å². The van der Waals surface area contributed by atoms with E-state index in [1.54, 1.807) is 11.0 Å². The van der Waals surface area contributed by atoms with Gasteiger partial charge in [-0.1, -0.05) is 25.2 Å². The number of thiazole rings is 1. The maximum atomic E-state index is 13.3. The molecule has 3 rings (SSSR count). The Bertz CT molecular complexity index is 842. The molecule has 1 aliphatic heterocycles. The van der Waals surface area contributed by atoms with Gasteiger partial charge in [-0.2, -0.15) is 0 Å². The number of anilines is 1. The summed E-state index contributed by atoms with van der Waals surface area (Å²) in [4.78, 5) is 32.5. The fourth-order valence-electron chi connectivity index (χ4n) is 2.95. The van der Waals surface area contributed by atoms with Crippen LogP contribution in [0.4, 0.5) is 14.3 Å². The molecule has 0 spiro atoms. The number of amides is 2. The lowest BCUT2D eigenvalue weighted by molar-refractivity contribution is -0.117. The van der Waals surface area contributed by atoms with E-state index in [-0.39, 0.29) is 24.4 Å². The van der Waals surface area contributed by atoms with Gasteiger partial charge in [0.25, 0.3) is 0 Å². The summed E-state index contributed by atoms with van der Waals surface area (Å²) in [5, 5.41) is 3.24. The van der Waals surface area contributed by atoms with Crippen LogP contribution in [-0.2, 0) is 9.53 Å². The zero-order chi connectivity index (χ0) is 20.1. The van der Waals surface area contributed by atoms with E-state index >= 15 is 0 Å². The fraction of sp³-hybridized carbons (Fsp3) is 0.526. The molecule has 2 aromatic rings. The Morgan fingerprint density at radius 2 is 2.11 bits per heavy atom. The molecule has 1 fully saturated rings. The largest absolute Gasteiger partial charge is 0.449 e. The number of fused-ring (bicyclic) bond motifs is 1. The van der Waals surface area contributed by atoms with E-state index in [2.05, 4.69) is 10.3 Å². The molecule has 152 valence electrons. The van der Waals surface area contributed by atoms with Gasteiger partial charge in [0.2, 0.25) is 5.91 Å². The fourth-order valence-corrected chi connectivity index (χ4v) is 3.86. The molecule has 0 atom stereocenters. The van der Waals surface area contributed by atoms with Gasteiger partial charge in [0, 0.05) is 26.2 Å². The van der Waals surface area contributed by atoms with Crippen LogP contribution in [0.5, 0.6) is 0 Å². The third-order valence-electron chi connectivity index (χ3n) is 4.35. The molecule has 28 heavy (non-hydrogen) atoms. The van der Waals surface area contributed by atoms with Gasteiger partial charge in [0.1, 0.15) is 5.82 Å². The second kappa shape index (κ2) is 9.29. The van der Waals surface area contributed by atoms with Crippen molar-refractivity contribution in [3.8, 4) is 0 Å². The van der Waals surface area contributed by atoms with Crippen LogP contribution in [0.2, 0.25) is 0 Å². The summed E-state index contributed by atoms with van der Waals surface area (Å²) in [6.45, 7) is 7.12. The molecule has 9 heteroatoms. The number of carbonyl (C=O) groups is 2. The van der Waals surface area contributed by atoms with Crippen molar-refractivity contribution in [1.82, 2.24) is 14.8 Å². The molecular weight excluding hydrogens is 383 g/mol. The minimum atomic E-state index is -0.324. The van der Waals surface area contributed by atoms with Crippen LogP contribution < -0.4 is 5.32 Å². The number of aromatic nitrogens is 1. The summed E-state index contributed by atoms with van der Waals surface area (Å²) >= 11 is 1.25. The van der Waals surface area contributed by atoms with E-state index in [1.807, 2.05) is 18.7 Å². The molecule has 0 bridgehead atoms. The molecule has 1 aromatic carbocycles. The minimum Gasteiger partial charge on any atom is -0.449 e. The Labute approximate surface area is 167 Å². The zero-order valence-electron chi connectivity index (χ0n) is 16.1. The average molecular weight is 408 g/mol. The predicted octanol–water partition coefficient (Wildman–Crippen LogP) is 3.17. The minimum absolute atomic E-state index is 0.171. The van der Waals surface area contributed by atoms with Crippen molar-refractivity contribution in [2.24, 2.45) is 5.92 Å². The zero-order valence-corrected chi connectivity index (χ0v) is 16.9. The van der Waals surface area contributed by atoms with Crippen LogP contribution in [0.1, 0.15) is 20.3 Å². The molecule has 0 saturated carbocycles. The SMILES string of the molecule is CC(C)COC(=O)N1CCCN(CC(=O)Nc2nc3ccc(F)cc3s2)CC1. The summed E-state index contributed by atoms with van der Waals surface area (Å²) in [5.41, 5.74) is 0.659. The first kappa shape index (κ1) is 20.5. The predicted molar refractivity (Wildman–Crippen MR) is 107 cm³/mol. The van der Waals surface area contributed by atoms with E-state index in [9.17, 15) is 14.0 Å².